The Balaban J connectivity index is 2.30. The van der Waals surface area contributed by atoms with E-state index in [2.05, 4.69) is 23.5 Å². The highest BCUT2D eigenvalue weighted by molar-refractivity contribution is 7.98. The monoisotopic (exact) mass is 302 g/mol. The highest BCUT2D eigenvalue weighted by atomic mass is 32.2. The summed E-state index contributed by atoms with van der Waals surface area (Å²) in [5.74, 6) is 1.62. The fourth-order valence-corrected chi connectivity index (χ4v) is 3.01. The van der Waals surface area contributed by atoms with E-state index in [1.54, 1.807) is 11.3 Å². The number of carbonyl (C=O) groups excluding carboxylic acids is 1. The van der Waals surface area contributed by atoms with E-state index >= 15 is 0 Å². The molecule has 0 saturated carbocycles. The molecular weight excluding hydrogens is 280 g/mol. The van der Waals surface area contributed by atoms with Gasteiger partial charge < -0.3 is 10.1 Å². The van der Waals surface area contributed by atoms with Crippen molar-refractivity contribution in [2.24, 2.45) is 5.92 Å². The second kappa shape index (κ2) is 9.20. The van der Waals surface area contributed by atoms with Gasteiger partial charge in [0.25, 0.3) is 0 Å². The Kier molecular flexibility index (Phi) is 7.90. The molecule has 1 atom stereocenters. The summed E-state index contributed by atoms with van der Waals surface area (Å²) in [6, 6.07) is 0. The second-order valence-corrected chi connectivity index (χ2v) is 6.16. The van der Waals surface area contributed by atoms with Gasteiger partial charge in [0.05, 0.1) is 18.7 Å². The summed E-state index contributed by atoms with van der Waals surface area (Å²) < 4.78 is 4.90. The molecule has 1 N–H and O–H groups in total. The molecule has 0 aliphatic heterocycles. The molecule has 0 saturated heterocycles. The third kappa shape index (κ3) is 6.82. The minimum atomic E-state index is -0.154. The summed E-state index contributed by atoms with van der Waals surface area (Å²) in [5, 5.41) is 6.28. The lowest BCUT2D eigenvalue weighted by atomic mass is 10.2. The Morgan fingerprint density at radius 3 is 3.11 bits per heavy atom. The Morgan fingerprint density at radius 1 is 1.63 bits per heavy atom. The van der Waals surface area contributed by atoms with Crippen molar-refractivity contribution in [3.63, 3.8) is 0 Å². The standard InChI is InChI=1S/C13H22N2O2S2/c1-4-17-12(16)6-5-11-9-19-13(15-11)14-7-10(2)8-18-3/h9-10H,4-8H2,1-3H3,(H,14,15). The van der Waals surface area contributed by atoms with Gasteiger partial charge in [-0.05, 0) is 24.9 Å². The average Bonchev–Trinajstić information content (AvgIpc) is 2.83. The molecule has 0 amide bonds. The van der Waals surface area contributed by atoms with E-state index in [4.69, 9.17) is 4.74 Å². The topological polar surface area (TPSA) is 51.2 Å². The third-order valence-corrected chi connectivity index (χ3v) is 4.25. The smallest absolute Gasteiger partial charge is 0.306 e. The molecule has 19 heavy (non-hydrogen) atoms. The van der Waals surface area contributed by atoms with Gasteiger partial charge in [0.15, 0.2) is 5.13 Å². The molecule has 0 aliphatic carbocycles. The molecule has 1 aromatic heterocycles. The molecule has 0 bridgehead atoms. The van der Waals surface area contributed by atoms with Gasteiger partial charge in [-0.1, -0.05) is 6.92 Å². The van der Waals surface area contributed by atoms with Crippen molar-refractivity contribution < 1.29 is 9.53 Å². The van der Waals surface area contributed by atoms with Gasteiger partial charge in [0, 0.05) is 18.3 Å². The highest BCUT2D eigenvalue weighted by Crippen LogP contribution is 2.17. The molecule has 108 valence electrons. The van der Waals surface area contributed by atoms with E-state index in [9.17, 15) is 4.79 Å². The third-order valence-electron chi connectivity index (χ3n) is 2.50. The molecule has 6 heteroatoms. The van der Waals surface area contributed by atoms with E-state index < -0.39 is 0 Å². The van der Waals surface area contributed by atoms with E-state index in [0.29, 0.717) is 25.4 Å². The Morgan fingerprint density at radius 2 is 2.42 bits per heavy atom. The first-order chi connectivity index (χ1) is 9.15. The lowest BCUT2D eigenvalue weighted by molar-refractivity contribution is -0.143. The van der Waals surface area contributed by atoms with Crippen molar-refractivity contribution >= 4 is 34.2 Å². The number of aromatic nitrogens is 1. The normalized spacial score (nSPS) is 12.2. The van der Waals surface area contributed by atoms with Crippen molar-refractivity contribution in [1.29, 1.82) is 0 Å². The van der Waals surface area contributed by atoms with Crippen LogP contribution in [0.25, 0.3) is 0 Å². The van der Waals surface area contributed by atoms with Crippen LogP contribution >= 0.6 is 23.1 Å². The first-order valence-electron chi connectivity index (χ1n) is 6.48. The quantitative estimate of drug-likeness (QED) is 0.711. The zero-order valence-corrected chi connectivity index (χ0v) is 13.4. The number of aryl methyl sites for hydroxylation is 1. The average molecular weight is 302 g/mol. The van der Waals surface area contributed by atoms with Crippen molar-refractivity contribution in [2.45, 2.75) is 26.7 Å². The van der Waals surface area contributed by atoms with Crippen LogP contribution in [0.1, 0.15) is 26.0 Å². The zero-order valence-electron chi connectivity index (χ0n) is 11.8. The summed E-state index contributed by atoms with van der Waals surface area (Å²) in [7, 11) is 0. The van der Waals surface area contributed by atoms with E-state index in [1.165, 1.54) is 0 Å². The van der Waals surface area contributed by atoms with Crippen LogP contribution in [0.4, 0.5) is 5.13 Å². The number of esters is 1. The Labute approximate surface area is 123 Å². The number of hydrogen-bond donors (Lipinski definition) is 1. The molecule has 0 aromatic carbocycles. The lowest BCUT2D eigenvalue weighted by Crippen LogP contribution is -2.13. The van der Waals surface area contributed by atoms with Crippen LogP contribution in [0.2, 0.25) is 0 Å². The number of nitrogens with zero attached hydrogens (tertiary/aromatic N) is 1. The van der Waals surface area contributed by atoms with Crippen molar-refractivity contribution in [2.75, 3.05) is 30.5 Å². The molecule has 1 rings (SSSR count). The maximum Gasteiger partial charge on any atom is 0.306 e. The summed E-state index contributed by atoms with van der Waals surface area (Å²) >= 11 is 3.45. The van der Waals surface area contributed by atoms with Crippen molar-refractivity contribution in [3.05, 3.63) is 11.1 Å². The summed E-state index contributed by atoms with van der Waals surface area (Å²) in [6.07, 6.45) is 3.17. The highest BCUT2D eigenvalue weighted by Gasteiger charge is 2.07. The fraction of sp³-hybridized carbons (Fsp3) is 0.692. The van der Waals surface area contributed by atoms with Crippen LogP contribution in [0.3, 0.4) is 0 Å². The largest absolute Gasteiger partial charge is 0.466 e. The van der Waals surface area contributed by atoms with Gasteiger partial charge in [0.1, 0.15) is 0 Å². The first-order valence-corrected chi connectivity index (χ1v) is 8.75. The Bertz CT molecular complexity index is 382. The van der Waals surface area contributed by atoms with E-state index in [1.807, 2.05) is 24.1 Å². The molecule has 1 unspecified atom stereocenters. The molecule has 1 heterocycles. The van der Waals surface area contributed by atoms with Gasteiger partial charge in [-0.3, -0.25) is 4.79 Å². The summed E-state index contributed by atoms with van der Waals surface area (Å²) in [5.41, 5.74) is 0.957. The molecule has 0 spiro atoms. The van der Waals surface area contributed by atoms with Crippen LogP contribution in [0.15, 0.2) is 5.38 Å². The van der Waals surface area contributed by atoms with E-state index in [-0.39, 0.29) is 5.97 Å². The SMILES string of the molecule is CCOC(=O)CCc1csc(NCC(C)CSC)n1. The van der Waals surface area contributed by atoms with Gasteiger partial charge in [-0.2, -0.15) is 11.8 Å². The number of ether oxygens (including phenoxy) is 1. The maximum atomic E-state index is 11.2. The first kappa shape index (κ1) is 16.3. The van der Waals surface area contributed by atoms with Crippen molar-refractivity contribution in [3.8, 4) is 0 Å². The van der Waals surface area contributed by atoms with Crippen LogP contribution < -0.4 is 5.32 Å². The van der Waals surface area contributed by atoms with E-state index in [0.717, 1.165) is 23.1 Å². The minimum Gasteiger partial charge on any atom is -0.466 e. The van der Waals surface area contributed by atoms with Gasteiger partial charge in [-0.15, -0.1) is 11.3 Å². The molecule has 4 nitrogen and oxygen atoms in total. The number of nitrogens with one attached hydrogen (secondary N) is 1. The number of thioether (sulfide) groups is 1. The van der Waals surface area contributed by atoms with Gasteiger partial charge in [-0.25, -0.2) is 4.98 Å². The Hall–Kier alpha value is -0.750. The van der Waals surface area contributed by atoms with Crippen LogP contribution in [0, 0.1) is 5.92 Å². The predicted molar refractivity (Wildman–Crippen MR) is 83.1 cm³/mol. The number of thiazole rings is 1. The summed E-state index contributed by atoms with van der Waals surface area (Å²) in [6.45, 7) is 5.42. The van der Waals surface area contributed by atoms with Crippen LogP contribution in [0.5, 0.6) is 0 Å². The van der Waals surface area contributed by atoms with Gasteiger partial charge in [0.2, 0.25) is 0 Å². The molecule has 0 radical (unpaired) electrons. The van der Waals surface area contributed by atoms with Crippen LogP contribution in [-0.2, 0) is 16.0 Å². The number of carbonyl (C=O) groups is 1. The number of rotatable bonds is 9. The predicted octanol–water partition coefficient (Wildman–Crippen LogP) is 3.05. The molecule has 0 fully saturated rings. The minimum absolute atomic E-state index is 0.154. The molecule has 0 aliphatic rings. The molecule has 1 aromatic rings. The van der Waals surface area contributed by atoms with Crippen LogP contribution in [-0.4, -0.2) is 36.1 Å². The zero-order chi connectivity index (χ0) is 14.1. The summed E-state index contributed by atoms with van der Waals surface area (Å²) in [4.78, 5) is 15.7. The van der Waals surface area contributed by atoms with Crippen molar-refractivity contribution in [1.82, 2.24) is 4.98 Å². The molecular formula is C13H22N2O2S2. The second-order valence-electron chi connectivity index (χ2n) is 4.39. The van der Waals surface area contributed by atoms with Gasteiger partial charge >= 0.3 is 5.97 Å². The fourth-order valence-electron chi connectivity index (χ4n) is 1.57. The lowest BCUT2D eigenvalue weighted by Gasteiger charge is -2.09. The number of anilines is 1. The maximum absolute atomic E-state index is 11.2. The number of hydrogen-bond acceptors (Lipinski definition) is 6.